The quantitative estimate of drug-likeness (QED) is 0.700. The van der Waals surface area contributed by atoms with Crippen molar-refractivity contribution in [2.24, 2.45) is 0 Å². The molecule has 0 radical (unpaired) electrons. The molecule has 7 nitrogen and oxygen atoms in total. The number of carbonyl (C=O) groups excluding carboxylic acids is 2. The third kappa shape index (κ3) is 7.30. The molecule has 1 fully saturated rings. The van der Waals surface area contributed by atoms with Gasteiger partial charge in [0.15, 0.2) is 0 Å². The highest BCUT2D eigenvalue weighted by molar-refractivity contribution is 7.90. The molecule has 0 aliphatic heterocycles. The van der Waals surface area contributed by atoms with Crippen molar-refractivity contribution in [3.05, 3.63) is 0 Å². The molecule has 1 aliphatic carbocycles. The highest BCUT2D eigenvalue weighted by Gasteiger charge is 2.37. The Morgan fingerprint density at radius 1 is 1.13 bits per heavy atom. The molecule has 1 aliphatic rings. The molecule has 0 aromatic heterocycles. The van der Waals surface area contributed by atoms with E-state index in [0.29, 0.717) is 12.8 Å². The zero-order valence-corrected chi connectivity index (χ0v) is 15.2. The highest BCUT2D eigenvalue weighted by Crippen LogP contribution is 2.32. The highest BCUT2D eigenvalue weighted by atomic mass is 32.2. The Kier molecular flexibility index (Phi) is 6.59. The summed E-state index contributed by atoms with van der Waals surface area (Å²) in [4.78, 5) is 24.2. The van der Waals surface area contributed by atoms with E-state index in [9.17, 15) is 18.0 Å². The molecule has 0 unspecified atom stereocenters. The fraction of sp³-hybridized carbons (Fsp3) is 0.867. The van der Waals surface area contributed by atoms with Crippen LogP contribution in [0.15, 0.2) is 0 Å². The lowest BCUT2D eigenvalue weighted by Gasteiger charge is -2.38. The van der Waals surface area contributed by atoms with Crippen molar-refractivity contribution in [3.8, 4) is 0 Å². The van der Waals surface area contributed by atoms with Crippen molar-refractivity contribution in [2.75, 3.05) is 12.8 Å². The van der Waals surface area contributed by atoms with Gasteiger partial charge in [0.05, 0.1) is 12.0 Å². The van der Waals surface area contributed by atoms with Gasteiger partial charge in [0.25, 0.3) is 0 Å². The number of amides is 1. The molecule has 0 bridgehead atoms. The molecular weight excluding hydrogens is 320 g/mol. The predicted molar refractivity (Wildman–Crippen MR) is 87.3 cm³/mol. The minimum atomic E-state index is -3.63. The number of hydrogen-bond donors (Lipinski definition) is 2. The van der Waals surface area contributed by atoms with Crippen molar-refractivity contribution in [2.45, 2.75) is 70.4 Å². The van der Waals surface area contributed by atoms with Crippen molar-refractivity contribution >= 4 is 21.9 Å². The lowest BCUT2D eigenvalue weighted by Crippen LogP contribution is -2.53. The molecule has 0 aromatic rings. The molecule has 23 heavy (non-hydrogen) atoms. The second-order valence-corrected chi connectivity index (χ2v) is 9.04. The molecule has 8 heteroatoms. The van der Waals surface area contributed by atoms with Crippen molar-refractivity contribution in [1.82, 2.24) is 10.0 Å². The van der Waals surface area contributed by atoms with Crippen LogP contribution in [0.25, 0.3) is 0 Å². The zero-order valence-electron chi connectivity index (χ0n) is 14.4. The third-order valence-electron chi connectivity index (χ3n) is 3.75. The topological polar surface area (TPSA) is 102 Å². The van der Waals surface area contributed by atoms with Crippen LogP contribution in [-0.4, -0.2) is 44.2 Å². The molecule has 1 rings (SSSR count). The zero-order chi connectivity index (χ0) is 17.7. The predicted octanol–water partition coefficient (Wildman–Crippen LogP) is 1.09. The SMILES string of the molecule is CNS(=O)(=O)CC(=O)NC1(CC(=O)OC(C)(C)C)CCCCC1. The monoisotopic (exact) mass is 348 g/mol. The Hall–Kier alpha value is -1.15. The standard InChI is InChI=1S/C15H28N2O5S/c1-14(2,3)22-13(19)10-15(8-6-5-7-9-15)17-12(18)11-23(20,21)16-4/h16H,5-11H2,1-4H3,(H,17,18). The Morgan fingerprint density at radius 2 is 1.70 bits per heavy atom. The maximum absolute atomic E-state index is 12.2. The second kappa shape index (κ2) is 7.61. The number of carbonyl (C=O) groups is 2. The van der Waals surface area contributed by atoms with Gasteiger partial charge >= 0.3 is 5.97 Å². The number of rotatable bonds is 6. The molecule has 134 valence electrons. The number of sulfonamides is 1. The Bertz CT molecular complexity index is 531. The summed E-state index contributed by atoms with van der Waals surface area (Å²) in [5.74, 6) is -1.61. The van der Waals surface area contributed by atoms with Crippen molar-refractivity contribution < 1.29 is 22.7 Å². The normalized spacial score (nSPS) is 18.3. The molecular formula is C15H28N2O5S. The first-order valence-corrected chi connectivity index (χ1v) is 9.56. The van der Waals surface area contributed by atoms with Crippen LogP contribution < -0.4 is 10.0 Å². The molecule has 1 saturated carbocycles. The lowest BCUT2D eigenvalue weighted by atomic mass is 9.79. The Balaban J connectivity index is 2.78. The summed E-state index contributed by atoms with van der Waals surface area (Å²) >= 11 is 0. The number of ether oxygens (including phenoxy) is 1. The van der Waals surface area contributed by atoms with Gasteiger partial charge in [-0.15, -0.1) is 0 Å². The molecule has 0 spiro atoms. The van der Waals surface area contributed by atoms with Gasteiger partial charge in [-0.05, 0) is 40.7 Å². The average Bonchev–Trinajstić information content (AvgIpc) is 2.36. The van der Waals surface area contributed by atoms with Gasteiger partial charge in [0.2, 0.25) is 15.9 Å². The number of hydrogen-bond acceptors (Lipinski definition) is 5. The first-order valence-electron chi connectivity index (χ1n) is 7.91. The second-order valence-electron chi connectivity index (χ2n) is 7.12. The molecule has 0 heterocycles. The first kappa shape index (κ1) is 19.9. The van der Waals surface area contributed by atoms with Crippen LogP contribution in [0.4, 0.5) is 0 Å². The maximum atomic E-state index is 12.2. The van der Waals surface area contributed by atoms with E-state index in [1.54, 1.807) is 20.8 Å². The van der Waals surface area contributed by atoms with Crippen molar-refractivity contribution in [3.63, 3.8) is 0 Å². The molecule has 0 aromatic carbocycles. The van der Waals surface area contributed by atoms with E-state index >= 15 is 0 Å². The lowest BCUT2D eigenvalue weighted by molar-refractivity contribution is -0.157. The summed E-state index contributed by atoms with van der Waals surface area (Å²) in [6.45, 7) is 5.36. The average molecular weight is 348 g/mol. The summed E-state index contributed by atoms with van der Waals surface area (Å²) < 4.78 is 30.5. The molecule has 0 saturated heterocycles. The van der Waals surface area contributed by atoms with Gasteiger partial charge in [-0.25, -0.2) is 13.1 Å². The van der Waals surface area contributed by atoms with E-state index < -0.39 is 32.8 Å². The minimum absolute atomic E-state index is 0.0651. The van der Waals surface area contributed by atoms with E-state index in [-0.39, 0.29) is 12.4 Å². The summed E-state index contributed by atoms with van der Waals surface area (Å²) in [5, 5.41) is 2.78. The van der Waals surface area contributed by atoms with Gasteiger partial charge in [0, 0.05) is 0 Å². The number of esters is 1. The summed E-state index contributed by atoms with van der Waals surface area (Å²) in [7, 11) is -2.37. The van der Waals surface area contributed by atoms with E-state index in [1.807, 2.05) is 0 Å². The fourth-order valence-electron chi connectivity index (χ4n) is 2.80. The minimum Gasteiger partial charge on any atom is -0.460 e. The van der Waals surface area contributed by atoms with Crippen LogP contribution in [0.5, 0.6) is 0 Å². The van der Waals surface area contributed by atoms with Gasteiger partial charge in [-0.3, -0.25) is 9.59 Å². The van der Waals surface area contributed by atoms with Gasteiger partial charge in [-0.1, -0.05) is 19.3 Å². The molecule has 1 amide bonds. The third-order valence-corrected chi connectivity index (χ3v) is 5.01. The van der Waals surface area contributed by atoms with E-state index in [2.05, 4.69) is 10.0 Å². The largest absolute Gasteiger partial charge is 0.460 e. The van der Waals surface area contributed by atoms with Crippen molar-refractivity contribution in [1.29, 1.82) is 0 Å². The van der Waals surface area contributed by atoms with Gasteiger partial charge in [-0.2, -0.15) is 0 Å². The fourth-order valence-corrected chi connectivity index (χ4v) is 3.37. The first-order chi connectivity index (χ1) is 10.5. The van der Waals surface area contributed by atoms with E-state index in [1.165, 1.54) is 7.05 Å². The van der Waals surface area contributed by atoms with Gasteiger partial charge in [0.1, 0.15) is 11.4 Å². The van der Waals surface area contributed by atoms with E-state index in [0.717, 1.165) is 19.3 Å². The Morgan fingerprint density at radius 3 is 2.17 bits per heavy atom. The molecule has 0 atom stereocenters. The number of nitrogens with one attached hydrogen (secondary N) is 2. The van der Waals surface area contributed by atoms with Crippen LogP contribution in [0.3, 0.4) is 0 Å². The smallest absolute Gasteiger partial charge is 0.308 e. The molecule has 2 N–H and O–H groups in total. The van der Waals surface area contributed by atoms with Crippen LogP contribution >= 0.6 is 0 Å². The van der Waals surface area contributed by atoms with Crippen LogP contribution in [0, 0.1) is 0 Å². The summed E-state index contributed by atoms with van der Waals surface area (Å²) in [6, 6.07) is 0. The van der Waals surface area contributed by atoms with E-state index in [4.69, 9.17) is 4.74 Å². The Labute approximate surface area is 138 Å². The van der Waals surface area contributed by atoms with Crippen LogP contribution in [0.2, 0.25) is 0 Å². The maximum Gasteiger partial charge on any atom is 0.308 e. The van der Waals surface area contributed by atoms with Crippen LogP contribution in [0.1, 0.15) is 59.3 Å². The van der Waals surface area contributed by atoms with Crippen LogP contribution in [-0.2, 0) is 24.3 Å². The summed E-state index contributed by atoms with van der Waals surface area (Å²) in [5.41, 5.74) is -1.30. The summed E-state index contributed by atoms with van der Waals surface area (Å²) in [6.07, 6.45) is 4.19. The van der Waals surface area contributed by atoms with Gasteiger partial charge < -0.3 is 10.1 Å².